The predicted molar refractivity (Wildman–Crippen MR) is 98.2 cm³/mol. The number of ketones is 1. The molecule has 0 unspecified atom stereocenters. The van der Waals surface area contributed by atoms with E-state index in [-0.39, 0.29) is 5.78 Å². The third-order valence-electron chi connectivity index (χ3n) is 4.32. The largest absolute Gasteiger partial charge is 0.287 e. The average molecular weight is 327 g/mol. The van der Waals surface area contributed by atoms with Crippen LogP contribution in [-0.4, -0.2) is 20.3 Å². The molecule has 0 radical (unpaired) electrons. The molecule has 0 bridgehead atoms. The quantitative estimate of drug-likeness (QED) is 0.528. The zero-order chi connectivity index (χ0) is 17.4. The monoisotopic (exact) mass is 327 g/mol. The smallest absolute Gasteiger partial charge is 0.234 e. The number of nitrogens with zero attached hydrogens (tertiary/aromatic N) is 3. The first-order valence-electron chi connectivity index (χ1n) is 8.15. The first-order chi connectivity index (χ1) is 12.1. The van der Waals surface area contributed by atoms with Crippen LogP contribution in [-0.2, 0) is 0 Å². The van der Waals surface area contributed by atoms with Gasteiger partial charge >= 0.3 is 0 Å². The van der Waals surface area contributed by atoms with Crippen molar-refractivity contribution in [3.63, 3.8) is 0 Å². The van der Waals surface area contributed by atoms with E-state index in [2.05, 4.69) is 9.97 Å². The first-order valence-corrected chi connectivity index (χ1v) is 8.15. The third-order valence-corrected chi connectivity index (χ3v) is 4.32. The molecule has 122 valence electrons. The Balaban J connectivity index is 1.99. The topological polar surface area (TPSA) is 47.8 Å². The molecule has 2 aromatic carbocycles. The van der Waals surface area contributed by atoms with Crippen LogP contribution in [0.2, 0.25) is 0 Å². The maximum absolute atomic E-state index is 13.2. The average Bonchev–Trinajstić information content (AvgIpc) is 3.03. The molecule has 0 atom stereocenters. The molecule has 4 aromatic rings. The summed E-state index contributed by atoms with van der Waals surface area (Å²) in [5.41, 5.74) is 4.39. The Morgan fingerprint density at radius 1 is 0.920 bits per heavy atom. The second kappa shape index (κ2) is 5.98. The molecule has 2 aromatic heterocycles. The Hall–Kier alpha value is -3.27. The Morgan fingerprint density at radius 3 is 2.36 bits per heavy atom. The number of rotatable bonds is 3. The number of benzene rings is 2. The molecule has 0 aliphatic heterocycles. The van der Waals surface area contributed by atoms with Gasteiger partial charge in [-0.05, 0) is 31.5 Å². The number of hydrogen-bond donors (Lipinski definition) is 0. The zero-order valence-electron chi connectivity index (χ0n) is 14.1. The molecule has 4 heteroatoms. The molecular weight excluding hydrogens is 310 g/mol. The second-order valence-electron chi connectivity index (χ2n) is 6.12. The molecule has 2 heterocycles. The summed E-state index contributed by atoms with van der Waals surface area (Å²) < 4.78 is 1.85. The van der Waals surface area contributed by atoms with Gasteiger partial charge in [0.1, 0.15) is 0 Å². The van der Waals surface area contributed by atoms with E-state index in [4.69, 9.17) is 0 Å². The Kier molecular flexibility index (Phi) is 3.65. The van der Waals surface area contributed by atoms with Crippen LogP contribution in [0.5, 0.6) is 0 Å². The van der Waals surface area contributed by atoms with Crippen LogP contribution < -0.4 is 0 Å². The minimum atomic E-state index is -0.0388. The molecule has 4 rings (SSSR count). The Morgan fingerprint density at radius 2 is 1.64 bits per heavy atom. The minimum Gasteiger partial charge on any atom is -0.287 e. The Bertz CT molecular complexity index is 1060. The summed E-state index contributed by atoms with van der Waals surface area (Å²) in [7, 11) is 0. The number of fused-ring (bicyclic) bond motifs is 1. The summed E-state index contributed by atoms with van der Waals surface area (Å²) in [6.45, 7) is 4.04. The van der Waals surface area contributed by atoms with Gasteiger partial charge < -0.3 is 0 Å². The molecule has 0 saturated carbocycles. The molecule has 0 fully saturated rings. The van der Waals surface area contributed by atoms with Crippen molar-refractivity contribution >= 4 is 16.7 Å². The van der Waals surface area contributed by atoms with Gasteiger partial charge in [0.2, 0.25) is 11.7 Å². The fraction of sp³-hybridized carbons (Fsp3) is 0.0952. The lowest BCUT2D eigenvalue weighted by atomic mass is 10.1. The van der Waals surface area contributed by atoms with Crippen molar-refractivity contribution in [1.82, 2.24) is 14.5 Å². The molecule has 0 aliphatic rings. The van der Waals surface area contributed by atoms with E-state index < -0.39 is 0 Å². The van der Waals surface area contributed by atoms with Crippen LogP contribution in [0.25, 0.3) is 16.9 Å². The van der Waals surface area contributed by atoms with Crippen molar-refractivity contribution in [1.29, 1.82) is 0 Å². The lowest BCUT2D eigenvalue weighted by Gasteiger charge is -2.09. The fourth-order valence-electron chi connectivity index (χ4n) is 3.07. The normalized spacial score (nSPS) is 11.0. The van der Waals surface area contributed by atoms with Crippen LogP contribution >= 0.6 is 0 Å². The summed E-state index contributed by atoms with van der Waals surface area (Å²) in [6.07, 6.45) is 3.37. The number of aromatic nitrogens is 3. The van der Waals surface area contributed by atoms with Crippen LogP contribution in [0.3, 0.4) is 0 Å². The summed E-state index contributed by atoms with van der Waals surface area (Å²) in [6, 6.07) is 17.3. The van der Waals surface area contributed by atoms with Crippen molar-refractivity contribution in [2.24, 2.45) is 0 Å². The summed E-state index contributed by atoms with van der Waals surface area (Å²) in [5.74, 6) is 0.463. The summed E-state index contributed by atoms with van der Waals surface area (Å²) >= 11 is 0. The lowest BCUT2D eigenvalue weighted by molar-refractivity contribution is 0.103. The van der Waals surface area contributed by atoms with Gasteiger partial charge in [0.05, 0.1) is 11.2 Å². The second-order valence-corrected chi connectivity index (χ2v) is 6.12. The number of carbonyl (C=O) groups is 1. The van der Waals surface area contributed by atoms with Crippen molar-refractivity contribution in [3.8, 4) is 5.95 Å². The van der Waals surface area contributed by atoms with Gasteiger partial charge in [0.25, 0.3) is 0 Å². The molecule has 0 N–H and O–H groups in total. The molecule has 0 saturated heterocycles. The molecule has 0 amide bonds. The van der Waals surface area contributed by atoms with Crippen molar-refractivity contribution in [2.75, 3.05) is 0 Å². The first kappa shape index (κ1) is 15.3. The van der Waals surface area contributed by atoms with E-state index in [0.717, 1.165) is 22.0 Å². The SMILES string of the molecule is Cc1ccc(C(=O)c2cc3cccc(C)c3n2-c2ncccn2)cc1. The highest BCUT2D eigenvalue weighted by atomic mass is 16.1. The van der Waals surface area contributed by atoms with Crippen LogP contribution in [0.15, 0.2) is 67.0 Å². The van der Waals surface area contributed by atoms with Gasteiger partial charge in [-0.2, -0.15) is 0 Å². The van der Waals surface area contributed by atoms with E-state index in [1.54, 1.807) is 18.5 Å². The highest BCUT2D eigenvalue weighted by Crippen LogP contribution is 2.27. The van der Waals surface area contributed by atoms with E-state index in [9.17, 15) is 4.79 Å². The van der Waals surface area contributed by atoms with Gasteiger partial charge in [0.15, 0.2) is 0 Å². The van der Waals surface area contributed by atoms with Crippen molar-refractivity contribution in [3.05, 3.63) is 89.4 Å². The lowest BCUT2D eigenvalue weighted by Crippen LogP contribution is -2.11. The highest BCUT2D eigenvalue weighted by Gasteiger charge is 2.20. The molecule has 0 spiro atoms. The summed E-state index contributed by atoms with van der Waals surface area (Å²) in [4.78, 5) is 21.9. The fourth-order valence-corrected chi connectivity index (χ4v) is 3.07. The van der Waals surface area contributed by atoms with E-state index in [0.29, 0.717) is 17.2 Å². The minimum absolute atomic E-state index is 0.0388. The van der Waals surface area contributed by atoms with E-state index in [1.165, 1.54) is 0 Å². The van der Waals surface area contributed by atoms with Crippen molar-refractivity contribution < 1.29 is 4.79 Å². The number of carbonyl (C=O) groups excluding carboxylic acids is 1. The zero-order valence-corrected chi connectivity index (χ0v) is 14.1. The van der Waals surface area contributed by atoms with Crippen LogP contribution in [0.1, 0.15) is 27.2 Å². The van der Waals surface area contributed by atoms with Crippen LogP contribution in [0, 0.1) is 13.8 Å². The molecule has 0 aliphatic carbocycles. The molecule has 25 heavy (non-hydrogen) atoms. The van der Waals surface area contributed by atoms with Crippen molar-refractivity contribution in [2.45, 2.75) is 13.8 Å². The standard InChI is InChI=1S/C21H17N3O/c1-14-7-9-16(10-8-14)20(25)18-13-17-6-3-5-15(2)19(17)24(18)21-22-11-4-12-23-21/h3-13H,1-2H3. The van der Waals surface area contributed by atoms with E-state index >= 15 is 0 Å². The van der Waals surface area contributed by atoms with Gasteiger partial charge in [-0.15, -0.1) is 0 Å². The van der Waals surface area contributed by atoms with Gasteiger partial charge in [-0.3, -0.25) is 9.36 Å². The number of hydrogen-bond acceptors (Lipinski definition) is 3. The maximum Gasteiger partial charge on any atom is 0.234 e. The van der Waals surface area contributed by atoms with Gasteiger partial charge in [0, 0.05) is 23.3 Å². The molecular formula is C21H17N3O. The number of para-hydroxylation sites is 1. The third kappa shape index (κ3) is 2.62. The van der Waals surface area contributed by atoms with Gasteiger partial charge in [-0.25, -0.2) is 9.97 Å². The summed E-state index contributed by atoms with van der Waals surface area (Å²) in [5, 5.41) is 1.00. The van der Waals surface area contributed by atoms with Gasteiger partial charge in [-0.1, -0.05) is 48.0 Å². The number of aryl methyl sites for hydroxylation is 2. The van der Waals surface area contributed by atoms with Crippen LogP contribution in [0.4, 0.5) is 0 Å². The van der Waals surface area contributed by atoms with E-state index in [1.807, 2.05) is 66.9 Å². The highest BCUT2D eigenvalue weighted by molar-refractivity contribution is 6.11. The Labute approximate surface area is 145 Å². The molecule has 4 nitrogen and oxygen atoms in total. The predicted octanol–water partition coefficient (Wildman–Crippen LogP) is 4.27. The maximum atomic E-state index is 13.2.